The number of hydrogen-bond donors (Lipinski definition) is 0. The van der Waals surface area contributed by atoms with Gasteiger partial charge < -0.3 is 0 Å². The number of fused-ring (bicyclic) bond motifs is 3. The summed E-state index contributed by atoms with van der Waals surface area (Å²) in [4.78, 5) is 0. The maximum atomic E-state index is 2.41. The van der Waals surface area contributed by atoms with Crippen LogP contribution < -0.4 is 0 Å². The fraction of sp³-hybridized carbons (Fsp3) is 0. The van der Waals surface area contributed by atoms with Crippen molar-refractivity contribution in [3.8, 4) is 55.6 Å². The molecular weight excluding hydrogens is 577 g/mol. The van der Waals surface area contributed by atoms with Crippen LogP contribution in [0.2, 0.25) is 0 Å². The molecule has 9 aromatic rings. The Hall–Kier alpha value is -6.24. The van der Waals surface area contributed by atoms with Crippen molar-refractivity contribution in [2.24, 2.45) is 0 Å². The zero-order chi connectivity index (χ0) is 31.9. The maximum absolute atomic E-state index is 2.41. The summed E-state index contributed by atoms with van der Waals surface area (Å²) in [5.41, 5.74) is 12.4. The highest BCUT2D eigenvalue weighted by Crippen LogP contribution is 2.48. The van der Waals surface area contributed by atoms with E-state index in [0.29, 0.717) is 0 Å². The van der Waals surface area contributed by atoms with E-state index in [9.17, 15) is 0 Å². The molecule has 0 unspecified atom stereocenters. The van der Waals surface area contributed by atoms with Gasteiger partial charge in [0.25, 0.3) is 0 Å². The average Bonchev–Trinajstić information content (AvgIpc) is 3.17. The Balaban J connectivity index is 1.36. The van der Waals surface area contributed by atoms with Crippen LogP contribution in [0.1, 0.15) is 0 Å². The van der Waals surface area contributed by atoms with Gasteiger partial charge in [0.05, 0.1) is 0 Å². The molecule has 0 aliphatic heterocycles. The Labute approximate surface area is 281 Å². The Kier molecular flexibility index (Phi) is 6.91. The smallest absolute Gasteiger partial charge is 0.00199 e. The molecule has 0 amide bonds. The van der Waals surface area contributed by atoms with Gasteiger partial charge in [0.2, 0.25) is 0 Å². The highest BCUT2D eigenvalue weighted by Gasteiger charge is 2.20. The SMILES string of the molecule is c1ccc(-c2cccc(-c3ccc(-c4ccccc4)c(-c4c5ccccc5c(-c5cccc6ccccc56)c5ccccc45)c3)c2)cc1. The number of benzene rings is 9. The molecule has 0 nitrogen and oxygen atoms in total. The Morgan fingerprint density at radius 3 is 1.29 bits per heavy atom. The van der Waals surface area contributed by atoms with Gasteiger partial charge in [-0.15, -0.1) is 0 Å². The van der Waals surface area contributed by atoms with Gasteiger partial charge in [-0.2, -0.15) is 0 Å². The van der Waals surface area contributed by atoms with E-state index >= 15 is 0 Å². The summed E-state index contributed by atoms with van der Waals surface area (Å²) < 4.78 is 0. The molecule has 0 aromatic heterocycles. The van der Waals surface area contributed by atoms with Crippen LogP contribution in [0, 0.1) is 0 Å². The quantitative estimate of drug-likeness (QED) is 0.171. The largest absolute Gasteiger partial charge is 0.0622 e. The normalized spacial score (nSPS) is 11.3. The topological polar surface area (TPSA) is 0 Å². The first kappa shape index (κ1) is 28.0. The molecule has 0 bridgehead atoms. The molecule has 0 heteroatoms. The summed E-state index contributed by atoms with van der Waals surface area (Å²) in [5, 5.41) is 7.56. The monoisotopic (exact) mass is 608 g/mol. The lowest BCUT2D eigenvalue weighted by Crippen LogP contribution is -1.94. The third-order valence-electron chi connectivity index (χ3n) is 9.67. The van der Waals surface area contributed by atoms with Crippen LogP contribution in [-0.2, 0) is 0 Å². The molecule has 0 saturated carbocycles. The first-order valence-electron chi connectivity index (χ1n) is 16.6. The Morgan fingerprint density at radius 2 is 0.646 bits per heavy atom. The van der Waals surface area contributed by atoms with Gasteiger partial charge in [0.15, 0.2) is 0 Å². The van der Waals surface area contributed by atoms with Gasteiger partial charge in [-0.25, -0.2) is 0 Å². The second-order valence-corrected chi connectivity index (χ2v) is 12.4. The summed E-state index contributed by atoms with van der Waals surface area (Å²) in [7, 11) is 0. The van der Waals surface area contributed by atoms with Crippen molar-refractivity contribution in [3.05, 3.63) is 194 Å². The molecule has 0 N–H and O–H groups in total. The fourth-order valence-corrected chi connectivity index (χ4v) is 7.46. The standard InChI is InChI=1S/C48H32/c1-3-15-33(16-4-1)36-21-13-22-37(31-36)38-29-30-40(34-17-5-2-6-18-34)46(32-38)48-44-26-11-9-24-42(44)47(43-25-10-12-27-45(43)48)41-28-14-20-35-19-7-8-23-39(35)41/h1-32H. The Bertz CT molecular complexity index is 2530. The first-order valence-corrected chi connectivity index (χ1v) is 16.6. The summed E-state index contributed by atoms with van der Waals surface area (Å²) in [5.74, 6) is 0. The van der Waals surface area contributed by atoms with E-state index in [4.69, 9.17) is 0 Å². The highest BCUT2D eigenvalue weighted by molar-refractivity contribution is 6.24. The predicted octanol–water partition coefficient (Wildman–Crippen LogP) is 13.5. The minimum absolute atomic E-state index is 1.20. The Morgan fingerprint density at radius 1 is 0.208 bits per heavy atom. The molecule has 0 fully saturated rings. The van der Waals surface area contributed by atoms with Crippen molar-refractivity contribution in [1.29, 1.82) is 0 Å². The zero-order valence-electron chi connectivity index (χ0n) is 26.5. The maximum Gasteiger partial charge on any atom is -0.00199 e. The van der Waals surface area contributed by atoms with Crippen LogP contribution in [-0.4, -0.2) is 0 Å². The highest BCUT2D eigenvalue weighted by atomic mass is 14.2. The molecule has 224 valence electrons. The molecule has 0 heterocycles. The van der Waals surface area contributed by atoms with Gasteiger partial charge in [-0.1, -0.05) is 182 Å². The third-order valence-corrected chi connectivity index (χ3v) is 9.67. The summed E-state index contributed by atoms with van der Waals surface area (Å²) in [6.45, 7) is 0. The molecule has 0 saturated heterocycles. The van der Waals surface area contributed by atoms with Crippen molar-refractivity contribution in [1.82, 2.24) is 0 Å². The van der Waals surface area contributed by atoms with Crippen molar-refractivity contribution in [3.63, 3.8) is 0 Å². The van der Waals surface area contributed by atoms with Crippen molar-refractivity contribution in [2.45, 2.75) is 0 Å². The fourth-order valence-electron chi connectivity index (χ4n) is 7.46. The van der Waals surface area contributed by atoms with Crippen molar-refractivity contribution >= 4 is 32.3 Å². The van der Waals surface area contributed by atoms with E-state index in [2.05, 4.69) is 194 Å². The van der Waals surface area contributed by atoms with Gasteiger partial charge in [0, 0.05) is 0 Å². The predicted molar refractivity (Wildman–Crippen MR) is 206 cm³/mol. The number of rotatable bonds is 5. The molecule has 0 spiro atoms. The first-order chi connectivity index (χ1) is 23.8. The van der Waals surface area contributed by atoms with E-state index < -0.39 is 0 Å². The minimum atomic E-state index is 1.20. The van der Waals surface area contributed by atoms with Crippen LogP contribution in [0.4, 0.5) is 0 Å². The molecule has 0 aliphatic carbocycles. The van der Waals surface area contributed by atoms with Gasteiger partial charge >= 0.3 is 0 Å². The van der Waals surface area contributed by atoms with Crippen LogP contribution in [0.3, 0.4) is 0 Å². The van der Waals surface area contributed by atoms with Crippen LogP contribution in [0.15, 0.2) is 194 Å². The molecule has 0 atom stereocenters. The van der Waals surface area contributed by atoms with E-state index in [0.717, 1.165) is 0 Å². The number of hydrogen-bond acceptors (Lipinski definition) is 0. The van der Waals surface area contributed by atoms with E-state index in [1.807, 2.05) is 0 Å². The van der Waals surface area contributed by atoms with Gasteiger partial charge in [-0.3, -0.25) is 0 Å². The second kappa shape index (κ2) is 11.8. The zero-order valence-corrected chi connectivity index (χ0v) is 26.5. The summed E-state index contributed by atoms with van der Waals surface area (Å²) in [6.07, 6.45) is 0. The van der Waals surface area contributed by atoms with Crippen molar-refractivity contribution in [2.75, 3.05) is 0 Å². The third kappa shape index (κ3) is 4.78. The van der Waals surface area contributed by atoms with Gasteiger partial charge in [-0.05, 0) is 100 Å². The molecular formula is C48H32. The average molecular weight is 609 g/mol. The summed E-state index contributed by atoms with van der Waals surface area (Å²) in [6, 6.07) is 70.8. The minimum Gasteiger partial charge on any atom is -0.0622 e. The lowest BCUT2D eigenvalue weighted by Gasteiger charge is -2.21. The van der Waals surface area contributed by atoms with E-state index in [1.165, 1.54) is 88.0 Å². The lowest BCUT2D eigenvalue weighted by atomic mass is 9.82. The summed E-state index contributed by atoms with van der Waals surface area (Å²) >= 11 is 0. The second-order valence-electron chi connectivity index (χ2n) is 12.4. The van der Waals surface area contributed by atoms with Crippen molar-refractivity contribution < 1.29 is 0 Å². The molecule has 48 heavy (non-hydrogen) atoms. The molecule has 9 rings (SSSR count). The van der Waals surface area contributed by atoms with Gasteiger partial charge in [0.1, 0.15) is 0 Å². The van der Waals surface area contributed by atoms with Crippen LogP contribution >= 0.6 is 0 Å². The molecule has 0 radical (unpaired) electrons. The van der Waals surface area contributed by atoms with Crippen LogP contribution in [0.25, 0.3) is 88.0 Å². The molecule has 0 aliphatic rings. The lowest BCUT2D eigenvalue weighted by molar-refractivity contribution is 1.57. The van der Waals surface area contributed by atoms with Crippen LogP contribution in [0.5, 0.6) is 0 Å². The van der Waals surface area contributed by atoms with E-state index in [1.54, 1.807) is 0 Å². The molecule has 9 aromatic carbocycles. The van der Waals surface area contributed by atoms with E-state index in [-0.39, 0.29) is 0 Å².